The Morgan fingerprint density at radius 2 is 2.18 bits per heavy atom. The Morgan fingerprint density at radius 1 is 1.18 bits per heavy atom. The molecule has 0 amide bonds. The van der Waals surface area contributed by atoms with Crippen LogP contribution in [-0.4, -0.2) is 25.8 Å². The lowest BCUT2D eigenvalue weighted by molar-refractivity contribution is 0.0422. The van der Waals surface area contributed by atoms with E-state index in [1.807, 2.05) is 0 Å². The highest BCUT2D eigenvalue weighted by Gasteiger charge is 2.25. The Bertz CT molecular complexity index is 115. The van der Waals surface area contributed by atoms with Crippen LogP contribution in [0.1, 0.15) is 25.7 Å². The molecule has 0 aromatic carbocycles. The fourth-order valence-corrected chi connectivity index (χ4v) is 2.20. The molecule has 0 spiro atoms. The number of rotatable bonds is 1. The molecule has 2 rings (SSSR count). The number of ether oxygens (including phenoxy) is 1. The molecule has 2 aliphatic rings. The lowest BCUT2D eigenvalue weighted by Crippen LogP contribution is -2.35. The van der Waals surface area contributed by atoms with E-state index in [0.717, 1.165) is 25.2 Å². The highest BCUT2D eigenvalue weighted by molar-refractivity contribution is 4.82. The van der Waals surface area contributed by atoms with Crippen LogP contribution in [-0.2, 0) is 4.74 Å². The van der Waals surface area contributed by atoms with Gasteiger partial charge in [-0.05, 0) is 38.1 Å². The monoisotopic (exact) mass is 155 g/mol. The van der Waals surface area contributed by atoms with Crippen molar-refractivity contribution in [2.75, 3.05) is 19.8 Å². The summed E-state index contributed by atoms with van der Waals surface area (Å²) in [6, 6.07) is 0.773. The Hall–Kier alpha value is -0.0800. The average molecular weight is 155 g/mol. The van der Waals surface area contributed by atoms with Crippen molar-refractivity contribution in [3.63, 3.8) is 0 Å². The summed E-state index contributed by atoms with van der Waals surface area (Å²) in [5.74, 6) is 0.811. The van der Waals surface area contributed by atoms with Gasteiger partial charge in [0.2, 0.25) is 0 Å². The number of hydrogen-bond donors (Lipinski definition) is 1. The third-order valence-electron chi connectivity index (χ3n) is 2.86. The topological polar surface area (TPSA) is 21.3 Å². The molecule has 1 N–H and O–H groups in total. The van der Waals surface area contributed by atoms with Crippen molar-refractivity contribution in [1.82, 2.24) is 5.32 Å². The molecule has 2 heteroatoms. The van der Waals surface area contributed by atoms with Crippen molar-refractivity contribution in [3.05, 3.63) is 0 Å². The summed E-state index contributed by atoms with van der Waals surface area (Å²) in [6.45, 7) is 3.21. The summed E-state index contributed by atoms with van der Waals surface area (Å²) in [6.07, 6.45) is 5.37. The third-order valence-corrected chi connectivity index (χ3v) is 2.86. The van der Waals surface area contributed by atoms with E-state index in [2.05, 4.69) is 5.32 Å². The molecular weight excluding hydrogens is 138 g/mol. The molecule has 0 bridgehead atoms. The zero-order valence-electron chi connectivity index (χ0n) is 7.01. The Morgan fingerprint density at radius 3 is 2.82 bits per heavy atom. The van der Waals surface area contributed by atoms with Gasteiger partial charge in [-0.15, -0.1) is 0 Å². The SMILES string of the molecule is C1COCC(C2CCCN2)C1. The quantitative estimate of drug-likeness (QED) is 0.613. The summed E-state index contributed by atoms with van der Waals surface area (Å²) in [5.41, 5.74) is 0. The first-order valence-corrected chi connectivity index (χ1v) is 4.78. The van der Waals surface area contributed by atoms with Gasteiger partial charge in [-0.2, -0.15) is 0 Å². The maximum atomic E-state index is 5.45. The Kier molecular flexibility index (Phi) is 2.44. The molecule has 11 heavy (non-hydrogen) atoms. The fourth-order valence-electron chi connectivity index (χ4n) is 2.20. The van der Waals surface area contributed by atoms with Crippen molar-refractivity contribution in [2.24, 2.45) is 5.92 Å². The van der Waals surface area contributed by atoms with E-state index >= 15 is 0 Å². The van der Waals surface area contributed by atoms with Crippen LogP contribution in [0.5, 0.6) is 0 Å². The van der Waals surface area contributed by atoms with Gasteiger partial charge in [0.25, 0.3) is 0 Å². The van der Waals surface area contributed by atoms with Crippen molar-refractivity contribution in [3.8, 4) is 0 Å². The molecule has 2 aliphatic heterocycles. The molecule has 0 radical (unpaired) electrons. The van der Waals surface area contributed by atoms with Crippen LogP contribution in [0.15, 0.2) is 0 Å². The minimum absolute atomic E-state index is 0.773. The molecule has 0 aliphatic carbocycles. The van der Waals surface area contributed by atoms with Gasteiger partial charge in [0, 0.05) is 12.6 Å². The summed E-state index contributed by atoms with van der Waals surface area (Å²) in [4.78, 5) is 0. The molecule has 2 fully saturated rings. The van der Waals surface area contributed by atoms with E-state index in [1.165, 1.54) is 32.2 Å². The second kappa shape index (κ2) is 3.55. The van der Waals surface area contributed by atoms with Gasteiger partial charge >= 0.3 is 0 Å². The van der Waals surface area contributed by atoms with Gasteiger partial charge in [0.15, 0.2) is 0 Å². The van der Waals surface area contributed by atoms with Crippen LogP contribution in [0.4, 0.5) is 0 Å². The maximum absolute atomic E-state index is 5.45. The Balaban J connectivity index is 1.82. The summed E-state index contributed by atoms with van der Waals surface area (Å²) in [5, 5.41) is 3.55. The van der Waals surface area contributed by atoms with Crippen LogP contribution >= 0.6 is 0 Å². The normalized spacial score (nSPS) is 39.3. The fraction of sp³-hybridized carbons (Fsp3) is 1.00. The number of hydrogen-bond acceptors (Lipinski definition) is 2. The summed E-state index contributed by atoms with van der Waals surface area (Å²) < 4.78 is 5.45. The molecule has 64 valence electrons. The van der Waals surface area contributed by atoms with Gasteiger partial charge < -0.3 is 10.1 Å². The Labute approximate surface area is 68.3 Å². The second-order valence-electron chi connectivity index (χ2n) is 3.68. The minimum Gasteiger partial charge on any atom is -0.381 e. The van der Waals surface area contributed by atoms with Crippen molar-refractivity contribution < 1.29 is 4.74 Å². The van der Waals surface area contributed by atoms with E-state index in [-0.39, 0.29) is 0 Å². The molecule has 2 heterocycles. The predicted octanol–water partition coefficient (Wildman–Crippen LogP) is 1.17. The first-order valence-electron chi connectivity index (χ1n) is 4.78. The van der Waals surface area contributed by atoms with Crippen LogP contribution in [0.25, 0.3) is 0 Å². The highest BCUT2D eigenvalue weighted by atomic mass is 16.5. The standard InChI is InChI=1S/C9H17NO/c1-4-9(10-5-1)8-3-2-6-11-7-8/h8-10H,1-7H2. The third kappa shape index (κ3) is 1.74. The largest absolute Gasteiger partial charge is 0.381 e. The lowest BCUT2D eigenvalue weighted by Gasteiger charge is -2.27. The molecule has 2 saturated heterocycles. The molecular formula is C9H17NO. The van der Waals surface area contributed by atoms with Gasteiger partial charge in [-0.25, -0.2) is 0 Å². The minimum atomic E-state index is 0.773. The first kappa shape index (κ1) is 7.56. The van der Waals surface area contributed by atoms with Crippen molar-refractivity contribution in [2.45, 2.75) is 31.7 Å². The molecule has 0 aromatic heterocycles. The van der Waals surface area contributed by atoms with E-state index in [1.54, 1.807) is 0 Å². The predicted molar refractivity (Wildman–Crippen MR) is 44.6 cm³/mol. The summed E-state index contributed by atoms with van der Waals surface area (Å²) >= 11 is 0. The smallest absolute Gasteiger partial charge is 0.0509 e. The zero-order chi connectivity index (χ0) is 7.52. The lowest BCUT2D eigenvalue weighted by atomic mass is 9.93. The second-order valence-corrected chi connectivity index (χ2v) is 3.68. The van der Waals surface area contributed by atoms with E-state index < -0.39 is 0 Å². The molecule has 2 unspecified atom stereocenters. The van der Waals surface area contributed by atoms with Gasteiger partial charge in [0.1, 0.15) is 0 Å². The van der Waals surface area contributed by atoms with Crippen LogP contribution < -0.4 is 5.32 Å². The average Bonchev–Trinajstić information content (AvgIpc) is 2.58. The van der Waals surface area contributed by atoms with Crippen LogP contribution in [0.2, 0.25) is 0 Å². The van der Waals surface area contributed by atoms with Crippen LogP contribution in [0, 0.1) is 5.92 Å². The zero-order valence-corrected chi connectivity index (χ0v) is 7.01. The van der Waals surface area contributed by atoms with Gasteiger partial charge in [-0.3, -0.25) is 0 Å². The van der Waals surface area contributed by atoms with Gasteiger partial charge in [-0.1, -0.05) is 0 Å². The molecule has 2 nitrogen and oxygen atoms in total. The van der Waals surface area contributed by atoms with Crippen LogP contribution in [0.3, 0.4) is 0 Å². The van der Waals surface area contributed by atoms with Crippen molar-refractivity contribution in [1.29, 1.82) is 0 Å². The maximum Gasteiger partial charge on any atom is 0.0509 e. The molecule has 0 aromatic rings. The first-order chi connectivity index (χ1) is 5.47. The van der Waals surface area contributed by atoms with E-state index in [0.29, 0.717) is 0 Å². The van der Waals surface area contributed by atoms with Crippen molar-refractivity contribution >= 4 is 0 Å². The van der Waals surface area contributed by atoms with E-state index in [4.69, 9.17) is 4.74 Å². The summed E-state index contributed by atoms with van der Waals surface area (Å²) in [7, 11) is 0. The highest BCUT2D eigenvalue weighted by Crippen LogP contribution is 2.22. The molecule has 0 saturated carbocycles. The number of nitrogens with one attached hydrogen (secondary N) is 1. The van der Waals surface area contributed by atoms with Gasteiger partial charge in [0.05, 0.1) is 6.61 Å². The molecule has 2 atom stereocenters. The van der Waals surface area contributed by atoms with E-state index in [9.17, 15) is 0 Å².